The van der Waals surface area contributed by atoms with Crippen LogP contribution in [0.15, 0.2) is 54.6 Å². The zero-order valence-electron chi connectivity index (χ0n) is 16.5. The SMILES string of the molecule is COC(=O)[C@@H](Cc1ccc(C(=O)OC(C)(C)C)cc1)NC(=O)c1ccccc1. The minimum atomic E-state index is -0.843. The van der Waals surface area contributed by atoms with Crippen molar-refractivity contribution >= 4 is 17.8 Å². The Balaban J connectivity index is 2.09. The van der Waals surface area contributed by atoms with E-state index in [-0.39, 0.29) is 12.3 Å². The first-order chi connectivity index (χ1) is 13.2. The van der Waals surface area contributed by atoms with Crippen LogP contribution < -0.4 is 5.32 Å². The van der Waals surface area contributed by atoms with Gasteiger partial charge in [-0.1, -0.05) is 30.3 Å². The van der Waals surface area contributed by atoms with Crippen molar-refractivity contribution in [2.75, 3.05) is 7.11 Å². The average molecular weight is 383 g/mol. The highest BCUT2D eigenvalue weighted by molar-refractivity contribution is 5.96. The number of benzene rings is 2. The van der Waals surface area contributed by atoms with Gasteiger partial charge in [0.15, 0.2) is 0 Å². The van der Waals surface area contributed by atoms with Crippen molar-refractivity contribution in [3.05, 3.63) is 71.3 Å². The smallest absolute Gasteiger partial charge is 0.338 e. The molecule has 0 aromatic heterocycles. The highest BCUT2D eigenvalue weighted by atomic mass is 16.6. The first-order valence-corrected chi connectivity index (χ1v) is 8.95. The highest BCUT2D eigenvalue weighted by Crippen LogP contribution is 2.14. The minimum Gasteiger partial charge on any atom is -0.467 e. The average Bonchev–Trinajstić information content (AvgIpc) is 2.66. The van der Waals surface area contributed by atoms with Crippen LogP contribution >= 0.6 is 0 Å². The first kappa shape index (κ1) is 21.2. The monoisotopic (exact) mass is 383 g/mol. The van der Waals surface area contributed by atoms with Gasteiger partial charge < -0.3 is 14.8 Å². The van der Waals surface area contributed by atoms with Gasteiger partial charge in [0.1, 0.15) is 11.6 Å². The Morgan fingerprint density at radius 2 is 1.54 bits per heavy atom. The number of amides is 1. The van der Waals surface area contributed by atoms with Crippen molar-refractivity contribution in [1.29, 1.82) is 0 Å². The summed E-state index contributed by atoms with van der Waals surface area (Å²) in [4.78, 5) is 36.6. The Hall–Kier alpha value is -3.15. The van der Waals surface area contributed by atoms with Crippen LogP contribution in [-0.2, 0) is 20.7 Å². The van der Waals surface area contributed by atoms with Crippen molar-refractivity contribution in [1.82, 2.24) is 5.32 Å². The maximum atomic E-state index is 12.4. The number of hydrogen-bond acceptors (Lipinski definition) is 5. The fourth-order valence-corrected chi connectivity index (χ4v) is 2.52. The molecule has 2 aromatic carbocycles. The first-order valence-electron chi connectivity index (χ1n) is 8.95. The maximum absolute atomic E-state index is 12.4. The summed E-state index contributed by atoms with van der Waals surface area (Å²) in [6.07, 6.45) is 0.236. The zero-order valence-corrected chi connectivity index (χ0v) is 16.5. The fourth-order valence-electron chi connectivity index (χ4n) is 2.52. The van der Waals surface area contributed by atoms with Crippen molar-refractivity contribution < 1.29 is 23.9 Å². The van der Waals surface area contributed by atoms with E-state index in [0.29, 0.717) is 11.1 Å². The number of rotatable bonds is 6. The van der Waals surface area contributed by atoms with E-state index in [1.165, 1.54) is 7.11 Å². The highest BCUT2D eigenvalue weighted by Gasteiger charge is 2.23. The van der Waals surface area contributed by atoms with Crippen LogP contribution in [0.25, 0.3) is 0 Å². The van der Waals surface area contributed by atoms with Gasteiger partial charge in [0, 0.05) is 12.0 Å². The Labute approximate surface area is 164 Å². The summed E-state index contributed by atoms with van der Waals surface area (Å²) in [5, 5.41) is 2.70. The lowest BCUT2D eigenvalue weighted by Gasteiger charge is -2.20. The van der Waals surface area contributed by atoms with E-state index in [4.69, 9.17) is 9.47 Å². The molecule has 0 bridgehead atoms. The minimum absolute atomic E-state index is 0.236. The molecule has 2 rings (SSSR count). The summed E-state index contributed by atoms with van der Waals surface area (Å²) in [5.74, 6) is -1.32. The Morgan fingerprint density at radius 1 is 0.929 bits per heavy atom. The summed E-state index contributed by atoms with van der Waals surface area (Å²) >= 11 is 0. The Morgan fingerprint density at radius 3 is 2.07 bits per heavy atom. The van der Waals surface area contributed by atoms with Gasteiger partial charge in [-0.2, -0.15) is 0 Å². The van der Waals surface area contributed by atoms with Gasteiger partial charge in [-0.25, -0.2) is 9.59 Å². The number of carbonyl (C=O) groups is 3. The molecule has 0 unspecified atom stereocenters. The van der Waals surface area contributed by atoms with Crippen LogP contribution in [0.5, 0.6) is 0 Å². The van der Waals surface area contributed by atoms with Gasteiger partial charge >= 0.3 is 11.9 Å². The molecule has 0 saturated heterocycles. The van der Waals surface area contributed by atoms with Crippen LogP contribution in [-0.4, -0.2) is 36.6 Å². The maximum Gasteiger partial charge on any atom is 0.338 e. The molecular weight excluding hydrogens is 358 g/mol. The van der Waals surface area contributed by atoms with E-state index in [0.717, 1.165) is 5.56 Å². The van der Waals surface area contributed by atoms with Gasteiger partial charge in [0.2, 0.25) is 0 Å². The van der Waals surface area contributed by atoms with E-state index in [9.17, 15) is 14.4 Å². The Kier molecular flexibility index (Phi) is 6.93. The molecule has 1 N–H and O–H groups in total. The lowest BCUT2D eigenvalue weighted by Crippen LogP contribution is -2.43. The molecule has 148 valence electrons. The van der Waals surface area contributed by atoms with Crippen molar-refractivity contribution in [2.45, 2.75) is 38.8 Å². The lowest BCUT2D eigenvalue weighted by atomic mass is 10.0. The molecule has 6 heteroatoms. The number of ether oxygens (including phenoxy) is 2. The van der Waals surface area contributed by atoms with Crippen molar-refractivity contribution in [2.24, 2.45) is 0 Å². The molecule has 6 nitrogen and oxygen atoms in total. The molecule has 0 heterocycles. The second kappa shape index (κ2) is 9.17. The van der Waals surface area contributed by atoms with E-state index < -0.39 is 23.6 Å². The molecule has 0 aliphatic rings. The molecular formula is C22H25NO5. The van der Waals surface area contributed by atoms with Gasteiger partial charge in [0.25, 0.3) is 5.91 Å². The largest absolute Gasteiger partial charge is 0.467 e. The lowest BCUT2D eigenvalue weighted by molar-refractivity contribution is -0.142. The summed E-state index contributed by atoms with van der Waals surface area (Å²) in [7, 11) is 1.27. The Bertz CT molecular complexity index is 822. The number of methoxy groups -OCH3 is 1. The van der Waals surface area contributed by atoms with Crippen LogP contribution in [0.1, 0.15) is 47.1 Å². The summed E-state index contributed by atoms with van der Waals surface area (Å²) in [6, 6.07) is 14.5. The second-order valence-corrected chi connectivity index (χ2v) is 7.32. The standard InChI is InChI=1S/C22H25NO5/c1-22(2,3)28-20(25)17-12-10-15(11-13-17)14-18(21(26)27-4)23-19(24)16-8-6-5-7-9-16/h5-13,18H,14H2,1-4H3,(H,23,24)/t18-/m1/s1. The zero-order chi connectivity index (χ0) is 20.7. The van der Waals surface area contributed by atoms with Crippen LogP contribution in [0.2, 0.25) is 0 Å². The third kappa shape index (κ3) is 6.23. The molecule has 0 saturated carbocycles. The molecule has 1 atom stereocenters. The molecule has 1 amide bonds. The topological polar surface area (TPSA) is 81.7 Å². The molecule has 2 aromatic rings. The predicted molar refractivity (Wildman–Crippen MR) is 105 cm³/mol. The van der Waals surface area contributed by atoms with E-state index in [1.54, 1.807) is 75.4 Å². The van der Waals surface area contributed by atoms with Crippen LogP contribution in [0.3, 0.4) is 0 Å². The van der Waals surface area contributed by atoms with E-state index in [2.05, 4.69) is 5.32 Å². The summed E-state index contributed by atoms with van der Waals surface area (Å²) in [6.45, 7) is 5.40. The number of nitrogens with one attached hydrogen (secondary N) is 1. The predicted octanol–water partition coefficient (Wildman–Crippen LogP) is 3.16. The normalized spacial score (nSPS) is 12.0. The molecule has 28 heavy (non-hydrogen) atoms. The second-order valence-electron chi connectivity index (χ2n) is 7.32. The van der Waals surface area contributed by atoms with Crippen molar-refractivity contribution in [3.8, 4) is 0 Å². The van der Waals surface area contributed by atoms with Gasteiger partial charge in [-0.15, -0.1) is 0 Å². The summed E-state index contributed by atoms with van der Waals surface area (Å²) < 4.78 is 10.1. The van der Waals surface area contributed by atoms with Crippen molar-refractivity contribution in [3.63, 3.8) is 0 Å². The van der Waals surface area contributed by atoms with Gasteiger partial charge in [0.05, 0.1) is 12.7 Å². The number of esters is 2. The molecule has 0 fully saturated rings. The van der Waals surface area contributed by atoms with E-state index in [1.807, 2.05) is 0 Å². The molecule has 0 aliphatic carbocycles. The third-order valence-corrected chi connectivity index (χ3v) is 3.86. The van der Waals surface area contributed by atoms with Gasteiger partial charge in [-0.05, 0) is 50.6 Å². The van der Waals surface area contributed by atoms with E-state index >= 15 is 0 Å². The summed E-state index contributed by atoms with van der Waals surface area (Å²) in [5.41, 5.74) is 1.07. The van der Waals surface area contributed by atoms with Crippen LogP contribution in [0.4, 0.5) is 0 Å². The molecule has 0 spiro atoms. The molecule has 0 radical (unpaired) electrons. The number of carbonyl (C=O) groups excluding carboxylic acids is 3. The van der Waals surface area contributed by atoms with Crippen LogP contribution in [0, 0.1) is 0 Å². The quantitative estimate of drug-likeness (QED) is 0.775. The fraction of sp³-hybridized carbons (Fsp3) is 0.318. The van der Waals surface area contributed by atoms with Gasteiger partial charge in [-0.3, -0.25) is 4.79 Å². The molecule has 0 aliphatic heterocycles. The third-order valence-electron chi connectivity index (χ3n) is 3.86. The number of hydrogen-bond donors (Lipinski definition) is 1.